The van der Waals surface area contributed by atoms with Crippen LogP contribution in [0, 0.1) is 0 Å². The Morgan fingerprint density at radius 3 is 2.75 bits per heavy atom. The molecule has 0 unspecified atom stereocenters. The fraction of sp³-hybridized carbons (Fsp3) is 0.625. The van der Waals surface area contributed by atoms with Crippen LogP contribution >= 0.6 is 0 Å². The first-order chi connectivity index (χ1) is 9.83. The van der Waals surface area contributed by atoms with Gasteiger partial charge in [-0.25, -0.2) is 0 Å². The molecule has 1 fully saturated rings. The van der Waals surface area contributed by atoms with E-state index in [1.165, 1.54) is 18.4 Å². The van der Waals surface area contributed by atoms with E-state index in [2.05, 4.69) is 23.5 Å². The molecule has 0 spiro atoms. The topological polar surface area (TPSA) is 39.7 Å². The van der Waals surface area contributed by atoms with Crippen molar-refractivity contribution in [3.63, 3.8) is 0 Å². The van der Waals surface area contributed by atoms with Gasteiger partial charge in [-0.1, -0.05) is 12.1 Å². The Morgan fingerprint density at radius 1 is 1.15 bits per heavy atom. The largest absolute Gasteiger partial charge is 0.497 e. The van der Waals surface area contributed by atoms with Crippen molar-refractivity contribution in [2.75, 3.05) is 40.6 Å². The Balaban J connectivity index is 1.59. The number of methoxy groups -OCH3 is 2. The monoisotopic (exact) mass is 279 g/mol. The molecule has 0 saturated heterocycles. The van der Waals surface area contributed by atoms with Crippen LogP contribution in [-0.4, -0.2) is 46.6 Å². The average molecular weight is 279 g/mol. The van der Waals surface area contributed by atoms with E-state index in [0.29, 0.717) is 25.2 Å². The highest BCUT2D eigenvalue weighted by Crippen LogP contribution is 2.37. The molecule has 112 valence electrons. The van der Waals surface area contributed by atoms with Crippen LogP contribution in [0.1, 0.15) is 24.3 Å². The van der Waals surface area contributed by atoms with E-state index in [1.54, 1.807) is 14.2 Å². The minimum absolute atomic E-state index is 0.622. The van der Waals surface area contributed by atoms with Crippen LogP contribution in [0.15, 0.2) is 24.3 Å². The highest BCUT2D eigenvalue weighted by molar-refractivity contribution is 5.32. The zero-order valence-electron chi connectivity index (χ0n) is 12.4. The first kappa shape index (κ1) is 15.3. The number of ether oxygens (including phenoxy) is 3. The highest BCUT2D eigenvalue weighted by atomic mass is 16.5. The van der Waals surface area contributed by atoms with E-state index in [9.17, 15) is 0 Å². The summed E-state index contributed by atoms with van der Waals surface area (Å²) >= 11 is 0. The Labute approximate surface area is 121 Å². The zero-order chi connectivity index (χ0) is 14.2. The minimum Gasteiger partial charge on any atom is -0.497 e. The lowest BCUT2D eigenvalue weighted by Crippen LogP contribution is -2.41. The van der Waals surface area contributed by atoms with Crippen LogP contribution in [0.25, 0.3) is 0 Å². The van der Waals surface area contributed by atoms with Crippen LogP contribution in [0.2, 0.25) is 0 Å². The predicted octanol–water partition coefficient (Wildman–Crippen LogP) is 2.19. The molecule has 20 heavy (non-hydrogen) atoms. The molecule has 0 atom stereocenters. The quantitative estimate of drug-likeness (QED) is 0.703. The SMILES string of the molecule is COCCOCCNC1CC(c2cccc(OC)c2)C1. The number of hydrogen-bond acceptors (Lipinski definition) is 4. The van der Waals surface area contributed by atoms with Gasteiger partial charge < -0.3 is 19.5 Å². The molecule has 0 radical (unpaired) electrons. The smallest absolute Gasteiger partial charge is 0.119 e. The van der Waals surface area contributed by atoms with Crippen molar-refractivity contribution in [3.05, 3.63) is 29.8 Å². The lowest BCUT2D eigenvalue weighted by Gasteiger charge is -2.36. The zero-order valence-corrected chi connectivity index (χ0v) is 12.4. The summed E-state index contributed by atoms with van der Waals surface area (Å²) in [6.07, 6.45) is 2.40. The molecule has 0 aromatic heterocycles. The Kier molecular flexibility index (Phi) is 6.30. The van der Waals surface area contributed by atoms with Gasteiger partial charge >= 0.3 is 0 Å². The third kappa shape index (κ3) is 4.47. The molecule has 1 aliphatic carbocycles. The van der Waals surface area contributed by atoms with Crippen LogP contribution in [0.3, 0.4) is 0 Å². The van der Waals surface area contributed by atoms with Gasteiger partial charge in [0.1, 0.15) is 5.75 Å². The van der Waals surface area contributed by atoms with Gasteiger partial charge in [0.15, 0.2) is 0 Å². The van der Waals surface area contributed by atoms with E-state index in [1.807, 2.05) is 6.07 Å². The minimum atomic E-state index is 0.622. The van der Waals surface area contributed by atoms with E-state index >= 15 is 0 Å². The summed E-state index contributed by atoms with van der Waals surface area (Å²) in [6.45, 7) is 3.01. The average Bonchev–Trinajstić information content (AvgIpc) is 2.44. The van der Waals surface area contributed by atoms with Crippen molar-refractivity contribution >= 4 is 0 Å². The Morgan fingerprint density at radius 2 is 2.00 bits per heavy atom. The Hall–Kier alpha value is -1.10. The van der Waals surface area contributed by atoms with Gasteiger partial charge in [0.05, 0.1) is 26.9 Å². The highest BCUT2D eigenvalue weighted by Gasteiger charge is 2.29. The fourth-order valence-corrected chi connectivity index (χ4v) is 2.53. The van der Waals surface area contributed by atoms with Gasteiger partial charge in [0.2, 0.25) is 0 Å². The van der Waals surface area contributed by atoms with Crippen molar-refractivity contribution in [1.29, 1.82) is 0 Å². The summed E-state index contributed by atoms with van der Waals surface area (Å²) in [7, 11) is 3.41. The molecule has 4 nitrogen and oxygen atoms in total. The molecule has 0 aliphatic heterocycles. The van der Waals surface area contributed by atoms with Gasteiger partial charge in [0.25, 0.3) is 0 Å². The molecule has 0 bridgehead atoms. The molecule has 1 saturated carbocycles. The van der Waals surface area contributed by atoms with E-state index in [0.717, 1.165) is 18.9 Å². The van der Waals surface area contributed by atoms with Crippen molar-refractivity contribution in [1.82, 2.24) is 5.32 Å². The first-order valence-corrected chi connectivity index (χ1v) is 7.27. The molecule has 0 heterocycles. The lowest BCUT2D eigenvalue weighted by molar-refractivity contribution is 0.0694. The molecule has 4 heteroatoms. The second kappa shape index (κ2) is 8.25. The predicted molar refractivity (Wildman–Crippen MR) is 79.5 cm³/mol. The van der Waals surface area contributed by atoms with Gasteiger partial charge in [-0.3, -0.25) is 0 Å². The molecule has 1 aromatic rings. The number of benzene rings is 1. The molecule has 1 N–H and O–H groups in total. The second-order valence-corrected chi connectivity index (χ2v) is 5.20. The number of hydrogen-bond donors (Lipinski definition) is 1. The summed E-state index contributed by atoms with van der Waals surface area (Å²) in [6, 6.07) is 9.03. The third-order valence-electron chi connectivity index (χ3n) is 3.81. The normalized spacial score (nSPS) is 21.5. The van der Waals surface area contributed by atoms with E-state index < -0.39 is 0 Å². The van der Waals surface area contributed by atoms with Crippen molar-refractivity contribution in [2.24, 2.45) is 0 Å². The van der Waals surface area contributed by atoms with E-state index in [-0.39, 0.29) is 0 Å². The Bertz CT molecular complexity index is 391. The summed E-state index contributed by atoms with van der Waals surface area (Å²) < 4.78 is 15.6. The van der Waals surface area contributed by atoms with Gasteiger partial charge in [-0.2, -0.15) is 0 Å². The van der Waals surface area contributed by atoms with Gasteiger partial charge in [0, 0.05) is 19.7 Å². The van der Waals surface area contributed by atoms with Crippen molar-refractivity contribution < 1.29 is 14.2 Å². The number of rotatable bonds is 9. The molecule has 2 rings (SSSR count). The van der Waals surface area contributed by atoms with Crippen LogP contribution in [-0.2, 0) is 9.47 Å². The van der Waals surface area contributed by atoms with Crippen molar-refractivity contribution in [3.8, 4) is 5.75 Å². The molecule has 1 aliphatic rings. The maximum Gasteiger partial charge on any atom is 0.119 e. The summed E-state index contributed by atoms with van der Waals surface area (Å²) in [5.74, 6) is 1.61. The summed E-state index contributed by atoms with van der Waals surface area (Å²) in [5.41, 5.74) is 1.39. The summed E-state index contributed by atoms with van der Waals surface area (Å²) in [5, 5.41) is 3.53. The van der Waals surface area contributed by atoms with Crippen molar-refractivity contribution in [2.45, 2.75) is 24.8 Å². The first-order valence-electron chi connectivity index (χ1n) is 7.27. The van der Waals surface area contributed by atoms with Crippen LogP contribution < -0.4 is 10.1 Å². The standard InChI is InChI=1S/C16H25NO3/c1-18-8-9-20-7-6-17-15-10-14(11-15)13-4-3-5-16(12-13)19-2/h3-5,12,14-15,17H,6-11H2,1-2H3. The second-order valence-electron chi connectivity index (χ2n) is 5.20. The van der Waals surface area contributed by atoms with Crippen LogP contribution in [0.5, 0.6) is 5.75 Å². The molecule has 1 aromatic carbocycles. The van der Waals surface area contributed by atoms with Gasteiger partial charge in [-0.15, -0.1) is 0 Å². The third-order valence-corrected chi connectivity index (χ3v) is 3.81. The lowest BCUT2D eigenvalue weighted by atomic mass is 9.76. The molecular weight excluding hydrogens is 254 g/mol. The molecule has 0 amide bonds. The summed E-state index contributed by atoms with van der Waals surface area (Å²) in [4.78, 5) is 0. The van der Waals surface area contributed by atoms with E-state index in [4.69, 9.17) is 14.2 Å². The van der Waals surface area contributed by atoms with Gasteiger partial charge in [-0.05, 0) is 36.5 Å². The maximum absolute atomic E-state index is 5.43. The molecular formula is C16H25NO3. The maximum atomic E-state index is 5.43. The fourth-order valence-electron chi connectivity index (χ4n) is 2.53. The van der Waals surface area contributed by atoms with Crippen LogP contribution in [0.4, 0.5) is 0 Å². The number of nitrogens with one attached hydrogen (secondary N) is 1.